The number of imidazole rings is 1. The summed E-state index contributed by atoms with van der Waals surface area (Å²) in [5.41, 5.74) is 12.8. The van der Waals surface area contributed by atoms with E-state index in [9.17, 15) is 0 Å². The molecule has 0 saturated heterocycles. The zero-order valence-corrected chi connectivity index (χ0v) is 16.6. The van der Waals surface area contributed by atoms with Gasteiger partial charge < -0.3 is 0 Å². The number of hydrogen-bond acceptors (Lipinski definition) is 3. The minimum absolute atomic E-state index is 0.871. The van der Waals surface area contributed by atoms with Gasteiger partial charge in [0.2, 0.25) is 0 Å². The quantitative estimate of drug-likeness (QED) is 0.315. The summed E-state index contributed by atoms with van der Waals surface area (Å²) in [7, 11) is 0. The fraction of sp³-hybridized carbons (Fsp3) is 0.0741. The molecule has 0 unspecified atom stereocenters. The summed E-state index contributed by atoms with van der Waals surface area (Å²) in [5, 5.41) is 3.36. The van der Waals surface area contributed by atoms with Gasteiger partial charge in [-0.3, -0.25) is 14.4 Å². The molecule has 0 bridgehead atoms. The number of aromatic nitrogens is 4. The van der Waals surface area contributed by atoms with Crippen molar-refractivity contribution in [3.8, 4) is 22.4 Å². The van der Waals surface area contributed by atoms with E-state index in [2.05, 4.69) is 62.9 Å². The van der Waals surface area contributed by atoms with Crippen molar-refractivity contribution in [3.63, 3.8) is 0 Å². The van der Waals surface area contributed by atoms with Gasteiger partial charge in [-0.25, -0.2) is 4.98 Å². The molecule has 31 heavy (non-hydrogen) atoms. The lowest BCUT2D eigenvalue weighted by atomic mass is 9.99. The number of pyridine rings is 3. The van der Waals surface area contributed by atoms with E-state index >= 15 is 0 Å². The average molecular weight is 396 g/mol. The fourth-order valence-electron chi connectivity index (χ4n) is 5.65. The lowest BCUT2D eigenvalue weighted by Crippen LogP contribution is -1.96. The summed E-state index contributed by atoms with van der Waals surface area (Å²) in [6.07, 6.45) is 9.48. The zero-order chi connectivity index (χ0) is 20.1. The van der Waals surface area contributed by atoms with Gasteiger partial charge in [-0.2, -0.15) is 0 Å². The highest BCUT2D eigenvalue weighted by atomic mass is 15.0. The van der Waals surface area contributed by atoms with Crippen LogP contribution < -0.4 is 0 Å². The molecule has 0 aliphatic heterocycles. The molecule has 2 aromatic carbocycles. The predicted molar refractivity (Wildman–Crippen MR) is 122 cm³/mol. The van der Waals surface area contributed by atoms with E-state index < -0.39 is 0 Å². The summed E-state index contributed by atoms with van der Waals surface area (Å²) in [6, 6.07) is 17.8. The number of fused-ring (bicyclic) bond motifs is 13. The molecule has 4 heterocycles. The SMILES string of the molecule is c1ccc2c(c1)Cc1cc3c(cc1-2)Cc1nc2c4cnccc4c4cnccc4n2c1-3. The van der Waals surface area contributed by atoms with Crippen LogP contribution in [0.4, 0.5) is 0 Å². The third-order valence-electron chi connectivity index (χ3n) is 6.97. The molecule has 0 amide bonds. The third kappa shape index (κ3) is 1.88. The Hall–Kier alpha value is -4.05. The molecule has 0 fully saturated rings. The Labute approximate surface area is 177 Å². The maximum absolute atomic E-state index is 5.14. The van der Waals surface area contributed by atoms with Gasteiger partial charge in [0.15, 0.2) is 0 Å². The second-order valence-electron chi connectivity index (χ2n) is 8.56. The maximum Gasteiger partial charge on any atom is 0.147 e. The van der Waals surface area contributed by atoms with Crippen molar-refractivity contribution in [2.75, 3.05) is 0 Å². The van der Waals surface area contributed by atoms with E-state index in [0.29, 0.717) is 0 Å². The second-order valence-corrected chi connectivity index (χ2v) is 8.56. The van der Waals surface area contributed by atoms with Gasteiger partial charge in [0.25, 0.3) is 0 Å². The van der Waals surface area contributed by atoms with Crippen LogP contribution in [0.1, 0.15) is 22.4 Å². The molecule has 0 spiro atoms. The van der Waals surface area contributed by atoms with Crippen LogP contribution in [-0.2, 0) is 12.8 Å². The summed E-state index contributed by atoms with van der Waals surface area (Å²) in [6.45, 7) is 0. The van der Waals surface area contributed by atoms with Crippen molar-refractivity contribution < 1.29 is 0 Å². The van der Waals surface area contributed by atoms with E-state index in [1.807, 2.05) is 24.8 Å². The van der Waals surface area contributed by atoms with Gasteiger partial charge in [-0.1, -0.05) is 24.3 Å². The summed E-state index contributed by atoms with van der Waals surface area (Å²) < 4.78 is 2.33. The van der Waals surface area contributed by atoms with E-state index in [4.69, 9.17) is 4.98 Å². The Balaban J connectivity index is 1.49. The summed E-state index contributed by atoms with van der Waals surface area (Å²) >= 11 is 0. The maximum atomic E-state index is 5.14. The lowest BCUT2D eigenvalue weighted by molar-refractivity contribution is 1.16. The monoisotopic (exact) mass is 396 g/mol. The predicted octanol–water partition coefficient (Wildman–Crippen LogP) is 5.57. The highest BCUT2D eigenvalue weighted by molar-refractivity contribution is 6.12. The van der Waals surface area contributed by atoms with Crippen LogP contribution in [0.15, 0.2) is 73.3 Å². The highest BCUT2D eigenvalue weighted by Crippen LogP contribution is 2.46. The number of benzene rings is 2. The second kappa shape index (κ2) is 5.35. The average Bonchev–Trinajstić information content (AvgIpc) is 3.47. The van der Waals surface area contributed by atoms with Crippen molar-refractivity contribution in [2.45, 2.75) is 12.8 Å². The Kier molecular flexibility index (Phi) is 2.72. The largest absolute Gasteiger partial charge is 0.291 e. The normalized spacial score (nSPS) is 13.5. The van der Waals surface area contributed by atoms with Crippen molar-refractivity contribution in [2.24, 2.45) is 0 Å². The van der Waals surface area contributed by atoms with E-state index in [1.54, 1.807) is 0 Å². The third-order valence-corrected chi connectivity index (χ3v) is 6.97. The molecular weight excluding hydrogens is 380 g/mol. The summed E-state index contributed by atoms with van der Waals surface area (Å²) in [5.74, 6) is 0. The van der Waals surface area contributed by atoms with Crippen molar-refractivity contribution in [1.29, 1.82) is 0 Å². The van der Waals surface area contributed by atoms with Crippen molar-refractivity contribution >= 4 is 27.3 Å². The zero-order valence-electron chi connectivity index (χ0n) is 16.6. The van der Waals surface area contributed by atoms with Gasteiger partial charge in [0, 0.05) is 47.5 Å². The smallest absolute Gasteiger partial charge is 0.147 e. The molecule has 4 heteroatoms. The molecule has 0 N–H and O–H groups in total. The molecule has 0 saturated carbocycles. The van der Waals surface area contributed by atoms with Gasteiger partial charge in [-0.05, 0) is 63.9 Å². The first-order valence-corrected chi connectivity index (χ1v) is 10.6. The first-order chi connectivity index (χ1) is 15.4. The van der Waals surface area contributed by atoms with Crippen LogP contribution in [-0.4, -0.2) is 19.4 Å². The molecule has 4 nitrogen and oxygen atoms in total. The Bertz CT molecular complexity index is 1740. The van der Waals surface area contributed by atoms with E-state index in [-0.39, 0.29) is 0 Å². The molecule has 6 aromatic rings. The van der Waals surface area contributed by atoms with Crippen LogP contribution in [0.25, 0.3) is 49.7 Å². The van der Waals surface area contributed by atoms with E-state index in [1.165, 1.54) is 39.1 Å². The minimum atomic E-state index is 0.871. The highest BCUT2D eigenvalue weighted by Gasteiger charge is 2.29. The van der Waals surface area contributed by atoms with Crippen molar-refractivity contribution in [1.82, 2.24) is 19.4 Å². The molecule has 2 aliphatic carbocycles. The Morgan fingerprint density at radius 3 is 2.45 bits per heavy atom. The summed E-state index contributed by atoms with van der Waals surface area (Å²) in [4.78, 5) is 13.9. The molecule has 0 atom stereocenters. The van der Waals surface area contributed by atoms with Crippen molar-refractivity contribution in [3.05, 3.63) is 95.7 Å². The van der Waals surface area contributed by atoms with Gasteiger partial charge in [-0.15, -0.1) is 0 Å². The lowest BCUT2D eigenvalue weighted by Gasteiger charge is -2.11. The number of nitrogens with zero attached hydrogens (tertiary/aromatic N) is 4. The van der Waals surface area contributed by atoms with Crippen LogP contribution in [0.3, 0.4) is 0 Å². The number of rotatable bonds is 0. The van der Waals surface area contributed by atoms with Crippen LogP contribution in [0.5, 0.6) is 0 Å². The topological polar surface area (TPSA) is 43.1 Å². The standard InChI is InChI=1S/C27H16N4/c1-2-4-18-15(3-1)9-16-11-21-17(10-20(16)18)12-24-26(21)31-25-6-8-29-13-22(25)19-5-7-28-14-23(19)27(31)30-24/h1-8,10-11,13-14H,9,12H2. The fourth-order valence-corrected chi connectivity index (χ4v) is 5.65. The Morgan fingerprint density at radius 1 is 0.677 bits per heavy atom. The van der Waals surface area contributed by atoms with Crippen LogP contribution in [0.2, 0.25) is 0 Å². The Morgan fingerprint density at radius 2 is 1.48 bits per heavy atom. The molecule has 4 aromatic heterocycles. The van der Waals surface area contributed by atoms with Crippen LogP contribution >= 0.6 is 0 Å². The minimum Gasteiger partial charge on any atom is -0.291 e. The van der Waals surface area contributed by atoms with Gasteiger partial charge >= 0.3 is 0 Å². The molecule has 2 aliphatic rings. The van der Waals surface area contributed by atoms with Gasteiger partial charge in [0.05, 0.1) is 16.9 Å². The van der Waals surface area contributed by atoms with E-state index in [0.717, 1.165) is 45.9 Å². The van der Waals surface area contributed by atoms with Crippen LogP contribution in [0, 0.1) is 0 Å². The molecule has 8 rings (SSSR count). The van der Waals surface area contributed by atoms with Gasteiger partial charge in [0.1, 0.15) is 5.65 Å². The molecule has 0 radical (unpaired) electrons. The molecular formula is C27H16N4. The first kappa shape index (κ1) is 15.7. The number of hydrogen-bond donors (Lipinski definition) is 0. The molecule has 144 valence electrons. The first-order valence-electron chi connectivity index (χ1n) is 10.6.